The summed E-state index contributed by atoms with van der Waals surface area (Å²) in [6, 6.07) is 14.2. The second-order valence-corrected chi connectivity index (χ2v) is 6.88. The van der Waals surface area contributed by atoms with E-state index in [0.717, 1.165) is 41.3 Å². The summed E-state index contributed by atoms with van der Waals surface area (Å²) in [6.45, 7) is 0. The van der Waals surface area contributed by atoms with Crippen molar-refractivity contribution in [3.8, 4) is 5.75 Å². The van der Waals surface area contributed by atoms with Crippen LogP contribution in [0.5, 0.6) is 5.75 Å². The maximum atomic E-state index is 13.7. The molecule has 0 radical (unpaired) electrons. The van der Waals surface area contributed by atoms with Crippen LogP contribution in [0.2, 0.25) is 0 Å². The lowest BCUT2D eigenvalue weighted by Gasteiger charge is -2.15. The zero-order chi connectivity index (χ0) is 23.8. The van der Waals surface area contributed by atoms with Gasteiger partial charge in [0, 0.05) is 11.8 Å². The van der Waals surface area contributed by atoms with E-state index in [1.165, 1.54) is 36.4 Å². The average molecular weight is 460 g/mol. The largest absolute Gasteiger partial charge is 0.573 e. The molecule has 0 aliphatic carbocycles. The summed E-state index contributed by atoms with van der Waals surface area (Å²) in [5, 5.41) is 2.66. The van der Waals surface area contributed by atoms with Gasteiger partial charge < -0.3 is 10.1 Å². The zero-order valence-electron chi connectivity index (χ0n) is 16.5. The van der Waals surface area contributed by atoms with Crippen LogP contribution in [0, 0.1) is 11.6 Å². The van der Waals surface area contributed by atoms with Crippen LogP contribution in [-0.2, 0) is 9.59 Å². The van der Waals surface area contributed by atoms with Gasteiger partial charge in [-0.2, -0.15) is 0 Å². The standard InChI is InChI=1S/C23H13F5N2O3/c24-14-9-7-13(8-10-14)19-20(29-16-4-2-6-18(12-16)33-23(26,27)28)22(32)30(21(19)31)17-5-1-3-15(25)11-17/h1-12,29H. The molecule has 10 heteroatoms. The SMILES string of the molecule is O=C1C(Nc2cccc(OC(F)(F)F)c2)=C(c2ccc(F)cc2)C(=O)N1c1cccc(F)c1. The van der Waals surface area contributed by atoms with Crippen molar-refractivity contribution >= 4 is 28.8 Å². The Morgan fingerprint density at radius 2 is 1.48 bits per heavy atom. The van der Waals surface area contributed by atoms with Crippen LogP contribution in [0.15, 0.2) is 78.5 Å². The first-order valence-electron chi connectivity index (χ1n) is 9.40. The van der Waals surface area contributed by atoms with Crippen LogP contribution in [-0.4, -0.2) is 18.2 Å². The fourth-order valence-corrected chi connectivity index (χ4v) is 3.30. The maximum Gasteiger partial charge on any atom is 0.573 e. The number of carbonyl (C=O) groups excluding carboxylic acids is 2. The van der Waals surface area contributed by atoms with Crippen molar-refractivity contribution in [3.05, 3.63) is 95.7 Å². The smallest absolute Gasteiger partial charge is 0.406 e. The number of nitrogens with zero attached hydrogens (tertiary/aromatic N) is 1. The molecule has 33 heavy (non-hydrogen) atoms. The predicted octanol–water partition coefficient (Wildman–Crippen LogP) is 5.26. The number of hydrogen-bond donors (Lipinski definition) is 1. The van der Waals surface area contributed by atoms with Crippen LogP contribution in [0.1, 0.15) is 5.56 Å². The molecule has 0 saturated carbocycles. The number of ether oxygens (including phenoxy) is 1. The monoisotopic (exact) mass is 460 g/mol. The Morgan fingerprint density at radius 3 is 2.15 bits per heavy atom. The lowest BCUT2D eigenvalue weighted by molar-refractivity contribution is -0.274. The van der Waals surface area contributed by atoms with Crippen molar-refractivity contribution in [2.24, 2.45) is 0 Å². The van der Waals surface area contributed by atoms with E-state index >= 15 is 0 Å². The van der Waals surface area contributed by atoms with Crippen LogP contribution in [0.4, 0.5) is 33.3 Å². The Morgan fingerprint density at radius 1 is 0.788 bits per heavy atom. The second-order valence-electron chi connectivity index (χ2n) is 6.88. The van der Waals surface area contributed by atoms with Crippen molar-refractivity contribution in [1.82, 2.24) is 0 Å². The van der Waals surface area contributed by atoms with Gasteiger partial charge in [-0.15, -0.1) is 13.2 Å². The van der Waals surface area contributed by atoms with Gasteiger partial charge in [-0.05, 0) is 48.0 Å². The Balaban J connectivity index is 1.77. The van der Waals surface area contributed by atoms with Gasteiger partial charge in [-0.25, -0.2) is 13.7 Å². The van der Waals surface area contributed by atoms with E-state index in [9.17, 15) is 31.5 Å². The minimum absolute atomic E-state index is 0.0219. The van der Waals surface area contributed by atoms with E-state index in [4.69, 9.17) is 0 Å². The summed E-state index contributed by atoms with van der Waals surface area (Å²) < 4.78 is 68.7. The van der Waals surface area contributed by atoms with E-state index < -0.39 is 35.6 Å². The number of anilines is 2. The summed E-state index contributed by atoms with van der Waals surface area (Å²) >= 11 is 0. The van der Waals surface area contributed by atoms with Crippen molar-refractivity contribution in [1.29, 1.82) is 0 Å². The lowest BCUT2D eigenvalue weighted by atomic mass is 10.0. The highest BCUT2D eigenvalue weighted by Gasteiger charge is 2.40. The molecule has 0 bridgehead atoms. The number of nitrogens with one attached hydrogen (secondary N) is 1. The van der Waals surface area contributed by atoms with Crippen molar-refractivity contribution in [3.63, 3.8) is 0 Å². The first kappa shape index (κ1) is 22.0. The van der Waals surface area contributed by atoms with Crippen molar-refractivity contribution in [2.75, 3.05) is 10.2 Å². The normalized spacial score (nSPS) is 14.2. The number of imide groups is 1. The summed E-state index contributed by atoms with van der Waals surface area (Å²) in [7, 11) is 0. The van der Waals surface area contributed by atoms with Crippen LogP contribution in [0.25, 0.3) is 5.57 Å². The molecule has 0 unspecified atom stereocenters. The molecule has 5 nitrogen and oxygen atoms in total. The van der Waals surface area contributed by atoms with Gasteiger partial charge in [0.15, 0.2) is 0 Å². The molecule has 0 saturated heterocycles. The summed E-state index contributed by atoms with van der Waals surface area (Å²) in [5.74, 6) is -3.50. The molecule has 3 aromatic rings. The van der Waals surface area contributed by atoms with Crippen molar-refractivity contribution < 1.29 is 36.3 Å². The Bertz CT molecular complexity index is 1270. The first-order valence-corrected chi connectivity index (χ1v) is 9.40. The van der Waals surface area contributed by atoms with E-state index in [1.807, 2.05) is 0 Å². The second kappa shape index (κ2) is 8.38. The fraction of sp³-hybridized carbons (Fsp3) is 0.0435. The first-order chi connectivity index (χ1) is 15.6. The van der Waals surface area contributed by atoms with Gasteiger partial charge in [0.2, 0.25) is 0 Å². The lowest BCUT2D eigenvalue weighted by Crippen LogP contribution is -2.32. The molecule has 168 valence electrons. The molecule has 0 fully saturated rings. The summed E-state index contributed by atoms with van der Waals surface area (Å²) in [4.78, 5) is 27.1. The highest BCUT2D eigenvalue weighted by Crippen LogP contribution is 2.35. The molecular formula is C23H13F5N2O3. The third-order valence-corrected chi connectivity index (χ3v) is 4.62. The molecule has 1 N–H and O–H groups in total. The topological polar surface area (TPSA) is 58.6 Å². The minimum atomic E-state index is -4.93. The zero-order valence-corrected chi connectivity index (χ0v) is 16.5. The average Bonchev–Trinajstić information content (AvgIpc) is 2.97. The highest BCUT2D eigenvalue weighted by molar-refractivity contribution is 6.46. The molecule has 1 heterocycles. The Labute approximate surface area is 183 Å². The third-order valence-electron chi connectivity index (χ3n) is 4.62. The summed E-state index contributed by atoms with van der Waals surface area (Å²) in [5.41, 5.74) is -0.283. The van der Waals surface area contributed by atoms with Gasteiger partial charge in [0.25, 0.3) is 11.8 Å². The fourth-order valence-electron chi connectivity index (χ4n) is 3.30. The van der Waals surface area contributed by atoms with Crippen LogP contribution < -0.4 is 15.0 Å². The number of benzene rings is 3. The molecule has 0 aromatic heterocycles. The number of amides is 2. The quantitative estimate of drug-likeness (QED) is 0.417. The Kier molecular flexibility index (Phi) is 5.59. The van der Waals surface area contributed by atoms with Crippen LogP contribution in [0.3, 0.4) is 0 Å². The number of carbonyl (C=O) groups is 2. The number of rotatable bonds is 5. The summed E-state index contributed by atoms with van der Waals surface area (Å²) in [6.07, 6.45) is -4.93. The Hall–Kier alpha value is -4.21. The molecule has 3 aromatic carbocycles. The van der Waals surface area contributed by atoms with E-state index in [-0.39, 0.29) is 28.2 Å². The van der Waals surface area contributed by atoms with Crippen molar-refractivity contribution in [2.45, 2.75) is 6.36 Å². The molecule has 0 spiro atoms. The highest BCUT2D eigenvalue weighted by atomic mass is 19.4. The molecule has 1 aliphatic rings. The van der Waals surface area contributed by atoms with E-state index in [2.05, 4.69) is 10.1 Å². The van der Waals surface area contributed by atoms with Gasteiger partial charge in [0.05, 0.1) is 11.3 Å². The van der Waals surface area contributed by atoms with E-state index in [1.54, 1.807) is 0 Å². The molecule has 4 rings (SSSR count). The van der Waals surface area contributed by atoms with Gasteiger partial charge in [0.1, 0.15) is 23.1 Å². The van der Waals surface area contributed by atoms with Gasteiger partial charge in [-0.3, -0.25) is 9.59 Å². The molecule has 1 aliphatic heterocycles. The third kappa shape index (κ3) is 4.69. The van der Waals surface area contributed by atoms with E-state index in [0.29, 0.717) is 0 Å². The van der Waals surface area contributed by atoms with Gasteiger partial charge >= 0.3 is 6.36 Å². The number of halogens is 5. The molecule has 2 amide bonds. The minimum Gasteiger partial charge on any atom is -0.406 e. The number of alkyl halides is 3. The maximum absolute atomic E-state index is 13.7. The molecular weight excluding hydrogens is 447 g/mol. The molecule has 0 atom stereocenters. The van der Waals surface area contributed by atoms with Crippen LogP contribution >= 0.6 is 0 Å². The predicted molar refractivity (Wildman–Crippen MR) is 109 cm³/mol. The van der Waals surface area contributed by atoms with Gasteiger partial charge in [-0.1, -0.05) is 24.3 Å². The number of hydrogen-bond acceptors (Lipinski definition) is 4.